The molecule has 1 aromatic heterocycles. The van der Waals surface area contributed by atoms with Crippen LogP contribution in [0.15, 0.2) is 36.4 Å². The van der Waals surface area contributed by atoms with Gasteiger partial charge in [0.15, 0.2) is 0 Å². The highest BCUT2D eigenvalue weighted by molar-refractivity contribution is 5.94. The minimum absolute atomic E-state index is 0.207. The maximum absolute atomic E-state index is 12.1. The van der Waals surface area contributed by atoms with Gasteiger partial charge >= 0.3 is 0 Å². The van der Waals surface area contributed by atoms with Gasteiger partial charge in [-0.15, -0.1) is 0 Å². The van der Waals surface area contributed by atoms with Crippen LogP contribution in [0, 0.1) is 18.3 Å². The smallest absolute Gasteiger partial charge is 0.251 e. The number of aryl methyl sites for hydroxylation is 1. The molecule has 2 aromatic rings. The summed E-state index contributed by atoms with van der Waals surface area (Å²) < 4.78 is 0. The van der Waals surface area contributed by atoms with E-state index >= 15 is 0 Å². The number of carbonyl (C=O) groups excluding carboxylic acids is 1. The fourth-order valence-electron chi connectivity index (χ4n) is 1.86. The number of benzene rings is 1. The van der Waals surface area contributed by atoms with Crippen LogP contribution in [0.2, 0.25) is 0 Å². The first-order valence-corrected chi connectivity index (χ1v) is 6.35. The third-order valence-electron chi connectivity index (χ3n) is 2.90. The van der Waals surface area contributed by atoms with Gasteiger partial charge in [0.2, 0.25) is 0 Å². The molecule has 0 unspecified atom stereocenters. The molecular weight excluding hydrogens is 266 g/mol. The maximum atomic E-state index is 12.1. The van der Waals surface area contributed by atoms with E-state index in [1.807, 2.05) is 12.1 Å². The monoisotopic (exact) mass is 281 g/mol. The van der Waals surface area contributed by atoms with E-state index in [0.717, 1.165) is 5.56 Å². The van der Waals surface area contributed by atoms with Crippen molar-refractivity contribution in [2.45, 2.75) is 13.5 Å². The molecule has 0 saturated heterocycles. The molecule has 2 rings (SSSR count). The molecule has 21 heavy (non-hydrogen) atoms. The lowest BCUT2D eigenvalue weighted by Crippen LogP contribution is -2.23. The average molecular weight is 281 g/mol. The Morgan fingerprint density at radius 1 is 1.33 bits per heavy atom. The second-order valence-corrected chi connectivity index (χ2v) is 4.52. The number of anilines is 1. The number of amides is 1. The maximum Gasteiger partial charge on any atom is 0.251 e. The highest BCUT2D eigenvalue weighted by Crippen LogP contribution is 2.09. The average Bonchev–Trinajstić information content (AvgIpc) is 2.52. The number of hydrogen-bond acceptors (Lipinski definition) is 5. The lowest BCUT2D eigenvalue weighted by atomic mass is 10.1. The van der Waals surface area contributed by atoms with Crippen molar-refractivity contribution in [2.24, 2.45) is 5.84 Å². The van der Waals surface area contributed by atoms with Crippen LogP contribution in [-0.2, 0) is 6.54 Å². The highest BCUT2D eigenvalue weighted by atomic mass is 16.1. The van der Waals surface area contributed by atoms with Crippen LogP contribution in [0.1, 0.15) is 27.2 Å². The summed E-state index contributed by atoms with van der Waals surface area (Å²) in [5, 5.41) is 11.5. The van der Waals surface area contributed by atoms with E-state index in [9.17, 15) is 4.79 Å². The molecule has 1 heterocycles. The van der Waals surface area contributed by atoms with Crippen LogP contribution in [0.3, 0.4) is 0 Å². The van der Waals surface area contributed by atoms with Gasteiger partial charge in [0.25, 0.3) is 5.91 Å². The van der Waals surface area contributed by atoms with E-state index in [4.69, 9.17) is 11.1 Å². The fraction of sp³-hybridized carbons (Fsp3) is 0.133. The van der Waals surface area contributed by atoms with Crippen LogP contribution >= 0.6 is 0 Å². The molecule has 0 aliphatic rings. The third-order valence-corrected chi connectivity index (χ3v) is 2.90. The van der Waals surface area contributed by atoms with Crippen molar-refractivity contribution < 1.29 is 4.79 Å². The van der Waals surface area contributed by atoms with Crippen molar-refractivity contribution in [3.63, 3.8) is 0 Å². The van der Waals surface area contributed by atoms with Gasteiger partial charge in [0.05, 0.1) is 11.6 Å². The van der Waals surface area contributed by atoms with E-state index < -0.39 is 0 Å². The summed E-state index contributed by atoms with van der Waals surface area (Å²) in [6, 6.07) is 12.4. The summed E-state index contributed by atoms with van der Waals surface area (Å²) in [4.78, 5) is 16.2. The molecule has 106 valence electrons. The Morgan fingerprint density at radius 2 is 2.05 bits per heavy atom. The van der Waals surface area contributed by atoms with Crippen molar-refractivity contribution in [2.75, 3.05) is 5.43 Å². The molecule has 0 saturated carbocycles. The molecule has 0 radical (unpaired) electrons. The summed E-state index contributed by atoms with van der Waals surface area (Å²) >= 11 is 0. The molecule has 0 bridgehead atoms. The Bertz CT molecular complexity index is 688. The number of nitrogen functional groups attached to an aromatic ring is 1. The number of rotatable bonds is 4. The van der Waals surface area contributed by atoms with Gasteiger partial charge in [0.1, 0.15) is 5.82 Å². The number of nitrogens with zero attached hydrogens (tertiary/aromatic N) is 2. The van der Waals surface area contributed by atoms with E-state index in [0.29, 0.717) is 29.2 Å². The zero-order valence-corrected chi connectivity index (χ0v) is 11.6. The first-order valence-electron chi connectivity index (χ1n) is 6.35. The molecule has 0 atom stereocenters. The summed E-state index contributed by atoms with van der Waals surface area (Å²) in [5.41, 5.74) is 5.13. The largest absolute Gasteiger partial charge is 0.348 e. The highest BCUT2D eigenvalue weighted by Gasteiger charge is 2.08. The lowest BCUT2D eigenvalue weighted by molar-refractivity contribution is 0.0950. The van der Waals surface area contributed by atoms with Crippen molar-refractivity contribution >= 4 is 11.7 Å². The minimum Gasteiger partial charge on any atom is -0.348 e. The summed E-state index contributed by atoms with van der Waals surface area (Å²) in [7, 11) is 0. The predicted octanol–water partition coefficient (Wildman–Crippen LogP) is 1.48. The minimum atomic E-state index is -0.207. The first-order chi connectivity index (χ1) is 10.1. The number of nitriles is 1. The summed E-state index contributed by atoms with van der Waals surface area (Å²) in [6.45, 7) is 2.18. The number of carbonyl (C=O) groups is 1. The van der Waals surface area contributed by atoms with E-state index in [2.05, 4.69) is 21.8 Å². The first kappa shape index (κ1) is 14.5. The van der Waals surface area contributed by atoms with Crippen molar-refractivity contribution in [3.05, 3.63) is 58.8 Å². The van der Waals surface area contributed by atoms with Gasteiger partial charge < -0.3 is 10.7 Å². The zero-order valence-electron chi connectivity index (χ0n) is 11.6. The van der Waals surface area contributed by atoms with E-state index in [1.165, 1.54) is 0 Å². The van der Waals surface area contributed by atoms with Crippen LogP contribution in [0.4, 0.5) is 5.82 Å². The molecular formula is C15H15N5O. The van der Waals surface area contributed by atoms with Gasteiger partial charge in [-0.1, -0.05) is 12.1 Å². The quantitative estimate of drug-likeness (QED) is 0.581. The van der Waals surface area contributed by atoms with Gasteiger partial charge in [-0.05, 0) is 36.8 Å². The van der Waals surface area contributed by atoms with Crippen LogP contribution in [-0.4, -0.2) is 10.9 Å². The van der Waals surface area contributed by atoms with Crippen molar-refractivity contribution in [1.82, 2.24) is 10.3 Å². The number of hydrogen-bond donors (Lipinski definition) is 3. The topological polar surface area (TPSA) is 104 Å². The summed E-state index contributed by atoms with van der Waals surface area (Å²) in [5.74, 6) is 5.55. The molecule has 0 fully saturated rings. The molecule has 1 aromatic carbocycles. The lowest BCUT2D eigenvalue weighted by Gasteiger charge is -2.08. The number of aromatic nitrogens is 1. The molecule has 0 spiro atoms. The summed E-state index contributed by atoms with van der Waals surface area (Å²) in [6.07, 6.45) is 0. The van der Waals surface area contributed by atoms with Crippen LogP contribution in [0.5, 0.6) is 0 Å². The molecule has 4 N–H and O–H groups in total. The SMILES string of the molecule is Cc1cc(C(=O)NCc2ccc(C#N)cc2)cc(NN)n1. The van der Waals surface area contributed by atoms with Crippen molar-refractivity contribution in [1.29, 1.82) is 5.26 Å². The zero-order chi connectivity index (χ0) is 15.2. The van der Waals surface area contributed by atoms with E-state index in [1.54, 1.807) is 31.2 Å². The number of nitrogens with one attached hydrogen (secondary N) is 2. The third kappa shape index (κ3) is 3.78. The Hall–Kier alpha value is -2.91. The number of pyridine rings is 1. The number of nitrogens with two attached hydrogens (primary N) is 1. The Balaban J connectivity index is 2.04. The second kappa shape index (κ2) is 6.50. The fourth-order valence-corrected chi connectivity index (χ4v) is 1.86. The van der Waals surface area contributed by atoms with Gasteiger partial charge in [-0.2, -0.15) is 5.26 Å². The predicted molar refractivity (Wildman–Crippen MR) is 79.1 cm³/mol. The second-order valence-electron chi connectivity index (χ2n) is 4.52. The standard InChI is InChI=1S/C15H15N5O/c1-10-6-13(7-14(19-10)20-17)15(21)18-9-12-4-2-11(8-16)3-5-12/h2-7H,9,17H2,1H3,(H,18,21)(H,19,20). The Labute approximate surface area is 122 Å². The number of hydrazine groups is 1. The van der Waals surface area contributed by atoms with Gasteiger partial charge in [-0.3, -0.25) is 4.79 Å². The molecule has 1 amide bonds. The Morgan fingerprint density at radius 3 is 2.67 bits per heavy atom. The normalized spacial score (nSPS) is 9.76. The van der Waals surface area contributed by atoms with E-state index in [-0.39, 0.29) is 5.91 Å². The van der Waals surface area contributed by atoms with Crippen LogP contribution < -0.4 is 16.6 Å². The van der Waals surface area contributed by atoms with Crippen LogP contribution in [0.25, 0.3) is 0 Å². The Kier molecular flexibility index (Phi) is 4.49. The molecule has 6 nitrogen and oxygen atoms in total. The van der Waals surface area contributed by atoms with Gasteiger partial charge in [-0.25, -0.2) is 10.8 Å². The van der Waals surface area contributed by atoms with Gasteiger partial charge in [0, 0.05) is 17.8 Å². The molecule has 0 aliphatic heterocycles. The molecule has 0 aliphatic carbocycles. The van der Waals surface area contributed by atoms with Crippen molar-refractivity contribution in [3.8, 4) is 6.07 Å². The molecule has 6 heteroatoms.